The van der Waals surface area contributed by atoms with E-state index in [1.54, 1.807) is 5.19 Å². The Labute approximate surface area is 175 Å². The summed E-state index contributed by atoms with van der Waals surface area (Å²) in [6.07, 6.45) is 1.56. The molecule has 3 aromatic carbocycles. The van der Waals surface area contributed by atoms with E-state index >= 15 is 0 Å². The van der Waals surface area contributed by atoms with Crippen LogP contribution in [0.3, 0.4) is 0 Å². The zero-order valence-corrected chi connectivity index (χ0v) is 18.7. The summed E-state index contributed by atoms with van der Waals surface area (Å²) in [6.45, 7) is 8.69. The number of hydrogen-bond donors (Lipinski definition) is 0. The first-order valence-electron chi connectivity index (χ1n) is 10.6. The Morgan fingerprint density at radius 3 is 1.69 bits per heavy atom. The normalized spacial score (nSPS) is 15.9. The van der Waals surface area contributed by atoms with Crippen molar-refractivity contribution in [2.24, 2.45) is 0 Å². The van der Waals surface area contributed by atoms with E-state index < -0.39 is 8.07 Å². The van der Waals surface area contributed by atoms with Crippen LogP contribution in [-0.4, -0.2) is 27.4 Å². The molecule has 29 heavy (non-hydrogen) atoms. The highest BCUT2D eigenvalue weighted by Crippen LogP contribution is 2.27. The first-order valence-corrected chi connectivity index (χ1v) is 13.8. The molecule has 3 aromatic rings. The van der Waals surface area contributed by atoms with Gasteiger partial charge in [-0.15, -0.1) is 0 Å². The van der Waals surface area contributed by atoms with Gasteiger partial charge < -0.3 is 9.47 Å². The SMILES string of the molecule is CCC[Si](C)(C)c1ccc(-c2ccc(-c3ccc(OCC4CO4)cc3)cc2)cc1. The van der Waals surface area contributed by atoms with E-state index in [2.05, 4.69) is 80.7 Å². The van der Waals surface area contributed by atoms with E-state index in [1.165, 1.54) is 34.7 Å². The summed E-state index contributed by atoms with van der Waals surface area (Å²) in [4.78, 5) is 0. The molecule has 0 saturated carbocycles. The van der Waals surface area contributed by atoms with Crippen molar-refractivity contribution < 1.29 is 9.47 Å². The third-order valence-electron chi connectivity index (χ3n) is 5.79. The molecule has 4 rings (SSSR count). The predicted octanol–water partition coefficient (Wildman–Crippen LogP) is 6.12. The summed E-state index contributed by atoms with van der Waals surface area (Å²) in [5, 5.41) is 1.55. The average molecular weight is 403 g/mol. The van der Waals surface area contributed by atoms with Crippen LogP contribution >= 0.6 is 0 Å². The maximum Gasteiger partial charge on any atom is 0.119 e. The Kier molecular flexibility index (Phi) is 5.88. The van der Waals surface area contributed by atoms with Gasteiger partial charge in [0.25, 0.3) is 0 Å². The van der Waals surface area contributed by atoms with E-state index in [1.807, 2.05) is 12.1 Å². The van der Waals surface area contributed by atoms with Crippen LogP contribution in [0.2, 0.25) is 19.1 Å². The highest BCUT2D eigenvalue weighted by Gasteiger charge is 2.23. The minimum absolute atomic E-state index is 0.288. The molecule has 0 bridgehead atoms. The number of ether oxygens (including phenoxy) is 2. The molecule has 1 heterocycles. The summed E-state index contributed by atoms with van der Waals surface area (Å²) in [5.74, 6) is 0.899. The van der Waals surface area contributed by atoms with Gasteiger partial charge in [-0.3, -0.25) is 0 Å². The Balaban J connectivity index is 1.44. The number of epoxide rings is 1. The molecule has 1 aliphatic rings. The molecule has 0 spiro atoms. The van der Waals surface area contributed by atoms with Crippen molar-refractivity contribution >= 4 is 13.3 Å². The van der Waals surface area contributed by atoms with Gasteiger partial charge in [0.15, 0.2) is 0 Å². The molecule has 3 heteroatoms. The Morgan fingerprint density at radius 2 is 1.24 bits per heavy atom. The summed E-state index contributed by atoms with van der Waals surface area (Å²) in [6, 6.07) is 27.7. The van der Waals surface area contributed by atoms with Crippen LogP contribution in [0.25, 0.3) is 22.3 Å². The largest absolute Gasteiger partial charge is 0.491 e. The van der Waals surface area contributed by atoms with Gasteiger partial charge in [0.2, 0.25) is 0 Å². The third kappa shape index (κ3) is 4.98. The van der Waals surface area contributed by atoms with Crippen molar-refractivity contribution in [2.45, 2.75) is 38.6 Å². The molecule has 1 saturated heterocycles. The molecule has 0 amide bonds. The van der Waals surface area contributed by atoms with Gasteiger partial charge in [-0.25, -0.2) is 0 Å². The summed E-state index contributed by atoms with van der Waals surface area (Å²) in [5.41, 5.74) is 4.97. The standard InChI is InChI=1S/C26H30O2Si/c1-4-17-29(2,3)26-15-11-23(12-16-26)21-7-5-20(6-8-21)22-9-13-24(14-10-22)27-18-25-19-28-25/h5-16,25H,4,17-19H2,1-3H3. The molecule has 2 nitrogen and oxygen atoms in total. The molecule has 0 radical (unpaired) electrons. The predicted molar refractivity (Wildman–Crippen MR) is 125 cm³/mol. The van der Waals surface area contributed by atoms with Crippen LogP contribution in [0.1, 0.15) is 13.3 Å². The topological polar surface area (TPSA) is 21.8 Å². The minimum Gasteiger partial charge on any atom is -0.491 e. The zero-order chi connectivity index (χ0) is 20.3. The second kappa shape index (κ2) is 8.56. The Hall–Kier alpha value is -2.36. The lowest BCUT2D eigenvalue weighted by atomic mass is 10.0. The summed E-state index contributed by atoms with van der Waals surface area (Å²) in [7, 11) is -1.29. The van der Waals surface area contributed by atoms with Crippen molar-refractivity contribution in [1.82, 2.24) is 0 Å². The quantitative estimate of drug-likeness (QED) is 0.334. The van der Waals surface area contributed by atoms with Crippen LogP contribution in [-0.2, 0) is 4.74 Å². The first kappa shape index (κ1) is 19.9. The zero-order valence-electron chi connectivity index (χ0n) is 17.7. The van der Waals surface area contributed by atoms with Crippen molar-refractivity contribution in [1.29, 1.82) is 0 Å². The Bertz CT molecular complexity index is 924. The lowest BCUT2D eigenvalue weighted by Gasteiger charge is -2.22. The van der Waals surface area contributed by atoms with Crippen molar-refractivity contribution in [3.63, 3.8) is 0 Å². The molecular formula is C26H30O2Si. The van der Waals surface area contributed by atoms with E-state index in [0.29, 0.717) is 6.61 Å². The van der Waals surface area contributed by atoms with Gasteiger partial charge in [0.1, 0.15) is 18.5 Å². The van der Waals surface area contributed by atoms with Crippen LogP contribution in [0.5, 0.6) is 5.75 Å². The lowest BCUT2D eigenvalue weighted by molar-refractivity contribution is 0.263. The van der Waals surface area contributed by atoms with E-state index in [-0.39, 0.29) is 6.10 Å². The molecule has 0 aromatic heterocycles. The molecule has 0 N–H and O–H groups in total. The first-order chi connectivity index (χ1) is 14.0. The molecule has 1 atom stereocenters. The molecule has 1 unspecified atom stereocenters. The molecule has 0 aliphatic carbocycles. The number of hydrogen-bond acceptors (Lipinski definition) is 2. The van der Waals surface area contributed by atoms with Gasteiger partial charge in [-0.2, -0.15) is 0 Å². The summed E-state index contributed by atoms with van der Waals surface area (Å²) >= 11 is 0. The van der Waals surface area contributed by atoms with E-state index in [9.17, 15) is 0 Å². The highest BCUT2D eigenvalue weighted by atomic mass is 28.3. The van der Waals surface area contributed by atoms with E-state index in [0.717, 1.165) is 12.4 Å². The Morgan fingerprint density at radius 1 is 0.793 bits per heavy atom. The lowest BCUT2D eigenvalue weighted by Crippen LogP contribution is -2.40. The molecule has 1 fully saturated rings. The third-order valence-corrected chi connectivity index (χ3v) is 9.43. The molecule has 150 valence electrons. The van der Waals surface area contributed by atoms with Gasteiger partial charge >= 0.3 is 0 Å². The van der Waals surface area contributed by atoms with Crippen LogP contribution < -0.4 is 9.92 Å². The molecular weight excluding hydrogens is 372 g/mol. The monoisotopic (exact) mass is 402 g/mol. The highest BCUT2D eigenvalue weighted by molar-refractivity contribution is 6.89. The van der Waals surface area contributed by atoms with Gasteiger partial charge in [0.05, 0.1) is 14.7 Å². The minimum atomic E-state index is -1.29. The van der Waals surface area contributed by atoms with Crippen molar-refractivity contribution in [2.75, 3.05) is 13.2 Å². The maximum atomic E-state index is 5.72. The number of benzene rings is 3. The van der Waals surface area contributed by atoms with Gasteiger partial charge in [0, 0.05) is 0 Å². The van der Waals surface area contributed by atoms with Crippen molar-refractivity contribution in [3.8, 4) is 28.0 Å². The maximum absolute atomic E-state index is 5.72. The van der Waals surface area contributed by atoms with Crippen molar-refractivity contribution in [3.05, 3.63) is 72.8 Å². The van der Waals surface area contributed by atoms with Gasteiger partial charge in [-0.1, -0.05) is 98.3 Å². The van der Waals surface area contributed by atoms with Gasteiger partial charge in [-0.05, 0) is 34.4 Å². The van der Waals surface area contributed by atoms with E-state index in [4.69, 9.17) is 9.47 Å². The van der Waals surface area contributed by atoms with Crippen LogP contribution in [0, 0.1) is 0 Å². The fraction of sp³-hybridized carbons (Fsp3) is 0.308. The molecule has 1 aliphatic heterocycles. The second-order valence-corrected chi connectivity index (χ2v) is 13.4. The smallest absolute Gasteiger partial charge is 0.119 e. The summed E-state index contributed by atoms with van der Waals surface area (Å²) < 4.78 is 10.9. The number of rotatable bonds is 8. The fourth-order valence-corrected chi connectivity index (χ4v) is 6.44. The average Bonchev–Trinajstić information content (AvgIpc) is 3.58. The second-order valence-electron chi connectivity index (χ2n) is 8.58. The van der Waals surface area contributed by atoms with Crippen LogP contribution in [0.4, 0.5) is 0 Å². The van der Waals surface area contributed by atoms with Crippen LogP contribution in [0.15, 0.2) is 72.8 Å². The fourth-order valence-electron chi connectivity index (χ4n) is 3.84.